The molecule has 0 aromatic carbocycles. The van der Waals surface area contributed by atoms with E-state index in [0.717, 1.165) is 77.0 Å². The molecule has 0 aromatic rings. The van der Waals surface area contributed by atoms with Gasteiger partial charge < -0.3 is 41.3 Å². The third-order valence-corrected chi connectivity index (χ3v) is 11.4. The minimum absolute atomic E-state index is 0.172. The molecule has 0 aromatic heterocycles. The summed E-state index contributed by atoms with van der Waals surface area (Å²) >= 11 is 0. The lowest BCUT2D eigenvalue weighted by Crippen LogP contribution is -2.50. The third-order valence-electron chi connectivity index (χ3n) is 11.4. The number of aliphatic hydroxyl groups excluding tert-OH is 6. The summed E-state index contributed by atoms with van der Waals surface area (Å²) in [6.45, 7) is 7.91. The summed E-state index contributed by atoms with van der Waals surface area (Å²) in [5, 5.41) is 65.1. The summed E-state index contributed by atoms with van der Waals surface area (Å²) in [6.07, 6.45) is 33.5. The first-order chi connectivity index (χ1) is 28.1. The molecule has 0 aliphatic rings. The van der Waals surface area contributed by atoms with Crippen LogP contribution in [0.4, 0.5) is 0 Å². The maximum absolute atomic E-state index is 11.9. The molecule has 0 saturated carbocycles. The van der Waals surface area contributed by atoms with E-state index in [1.807, 2.05) is 0 Å². The molecule has 58 heavy (non-hydrogen) atoms. The fourth-order valence-electron chi connectivity index (χ4n) is 7.37. The lowest BCUT2D eigenvalue weighted by atomic mass is 9.99. The first kappa shape index (κ1) is 58.8. The van der Waals surface area contributed by atoms with Crippen LogP contribution in [0.1, 0.15) is 246 Å². The summed E-state index contributed by atoms with van der Waals surface area (Å²) in [6, 6.07) is -1.59. The predicted molar refractivity (Wildman–Crippen MR) is 242 cm³/mol. The first-order valence-electron chi connectivity index (χ1n) is 24.7. The number of carbonyl (C=O) groups excluding carboxylic acids is 2. The van der Waals surface area contributed by atoms with Gasteiger partial charge in [-0.2, -0.15) is 0 Å². The molecule has 0 aliphatic carbocycles. The molecule has 8 N–H and O–H groups in total. The lowest BCUT2D eigenvalue weighted by Gasteiger charge is -2.26. The van der Waals surface area contributed by atoms with Crippen LogP contribution in [-0.4, -0.2) is 92.2 Å². The van der Waals surface area contributed by atoms with Crippen molar-refractivity contribution in [1.29, 1.82) is 0 Å². The van der Waals surface area contributed by atoms with Crippen LogP contribution in [0.15, 0.2) is 0 Å². The molecule has 6 atom stereocenters. The molecule has 0 saturated heterocycles. The van der Waals surface area contributed by atoms with Crippen LogP contribution in [0.2, 0.25) is 0 Å². The van der Waals surface area contributed by atoms with E-state index in [-0.39, 0.29) is 25.0 Å². The van der Waals surface area contributed by atoms with Crippen molar-refractivity contribution in [3.63, 3.8) is 0 Å². The van der Waals surface area contributed by atoms with Crippen molar-refractivity contribution in [1.82, 2.24) is 10.6 Å². The summed E-state index contributed by atoms with van der Waals surface area (Å²) in [4.78, 5) is 23.7. The number of carbonyl (C=O) groups is 2. The van der Waals surface area contributed by atoms with Gasteiger partial charge in [0.05, 0.1) is 37.5 Å². The summed E-state index contributed by atoms with van der Waals surface area (Å²) in [5.74, 6) is -0.344. The van der Waals surface area contributed by atoms with Crippen molar-refractivity contribution in [3.05, 3.63) is 0 Å². The van der Waals surface area contributed by atoms with Crippen molar-refractivity contribution < 1.29 is 40.2 Å². The van der Waals surface area contributed by atoms with Crippen molar-refractivity contribution in [2.45, 2.75) is 283 Å². The maximum Gasteiger partial charge on any atom is 0.220 e. The average Bonchev–Trinajstić information content (AvgIpc) is 3.22. The molecule has 0 rings (SSSR count). The average molecular weight is 831 g/mol. The highest BCUT2D eigenvalue weighted by Gasteiger charge is 2.28. The lowest BCUT2D eigenvalue weighted by molar-refractivity contribution is -0.125. The van der Waals surface area contributed by atoms with Gasteiger partial charge in [0.25, 0.3) is 0 Å². The Morgan fingerprint density at radius 2 is 0.586 bits per heavy atom. The number of hydrogen-bond donors (Lipinski definition) is 8. The van der Waals surface area contributed by atoms with Gasteiger partial charge >= 0.3 is 0 Å². The van der Waals surface area contributed by atoms with E-state index in [4.69, 9.17) is 0 Å². The predicted octanol–water partition coefficient (Wildman–Crippen LogP) is 9.71. The van der Waals surface area contributed by atoms with Crippen LogP contribution in [0.25, 0.3) is 0 Å². The number of rotatable bonds is 42. The molecule has 10 heteroatoms. The normalized spacial score (nSPS) is 14.5. The zero-order valence-corrected chi connectivity index (χ0v) is 38.4. The van der Waals surface area contributed by atoms with Gasteiger partial charge in [-0.1, -0.05) is 207 Å². The van der Waals surface area contributed by atoms with E-state index >= 15 is 0 Å². The second-order valence-corrected chi connectivity index (χ2v) is 17.1. The van der Waals surface area contributed by atoms with Crippen molar-refractivity contribution in [2.24, 2.45) is 0 Å². The summed E-state index contributed by atoms with van der Waals surface area (Å²) < 4.78 is 0. The van der Waals surface area contributed by atoms with E-state index in [1.54, 1.807) is 0 Å². The first-order valence-corrected chi connectivity index (χ1v) is 24.7. The van der Waals surface area contributed by atoms with Crippen molar-refractivity contribution >= 4 is 11.8 Å². The standard InChI is InChI=1S/2C24H49NO4/c2*1-3-5-7-8-9-10-11-12-13-14-15-17-18-22(27)24(29)21(20-26)25-23(28)19-16-6-4-2/h2*21-22,24,26-27,29H,3-20H2,1-2H3,(H,25,28)/t2*21-,22+,24-/m00/s1. The highest BCUT2D eigenvalue weighted by Crippen LogP contribution is 2.17. The van der Waals surface area contributed by atoms with Gasteiger partial charge in [0.15, 0.2) is 0 Å². The topological polar surface area (TPSA) is 180 Å². The Labute approximate surface area is 357 Å². The van der Waals surface area contributed by atoms with Gasteiger partial charge in [-0.15, -0.1) is 0 Å². The van der Waals surface area contributed by atoms with Gasteiger partial charge in [0.2, 0.25) is 11.8 Å². The van der Waals surface area contributed by atoms with Gasteiger partial charge in [-0.3, -0.25) is 9.59 Å². The van der Waals surface area contributed by atoms with Gasteiger partial charge in [0, 0.05) is 12.8 Å². The zero-order valence-electron chi connectivity index (χ0n) is 38.4. The van der Waals surface area contributed by atoms with Crippen LogP contribution in [0, 0.1) is 0 Å². The van der Waals surface area contributed by atoms with Crippen LogP contribution in [0.3, 0.4) is 0 Å². The van der Waals surface area contributed by atoms with E-state index < -0.39 is 36.5 Å². The second kappa shape index (κ2) is 45.2. The molecule has 0 bridgehead atoms. The molecule has 2 amide bonds. The number of nitrogens with one attached hydrogen (secondary N) is 2. The second-order valence-electron chi connectivity index (χ2n) is 17.1. The van der Waals surface area contributed by atoms with Gasteiger partial charge in [0.1, 0.15) is 12.2 Å². The van der Waals surface area contributed by atoms with E-state index in [2.05, 4.69) is 38.3 Å². The monoisotopic (exact) mass is 831 g/mol. The van der Waals surface area contributed by atoms with Gasteiger partial charge in [-0.05, 0) is 25.7 Å². The van der Waals surface area contributed by atoms with Gasteiger partial charge in [-0.25, -0.2) is 0 Å². The van der Waals surface area contributed by atoms with Crippen LogP contribution in [-0.2, 0) is 9.59 Å². The molecular formula is C48H98N2O8. The minimum Gasteiger partial charge on any atom is -0.394 e. The molecule has 10 nitrogen and oxygen atoms in total. The highest BCUT2D eigenvalue weighted by atomic mass is 16.3. The van der Waals surface area contributed by atoms with E-state index in [1.165, 1.54) is 116 Å². The van der Waals surface area contributed by atoms with E-state index in [9.17, 15) is 40.2 Å². The largest absolute Gasteiger partial charge is 0.394 e. The molecule has 0 spiro atoms. The summed E-state index contributed by atoms with van der Waals surface area (Å²) in [7, 11) is 0. The highest BCUT2D eigenvalue weighted by molar-refractivity contribution is 5.76. The van der Waals surface area contributed by atoms with E-state index in [0.29, 0.717) is 25.7 Å². The quantitative estimate of drug-likeness (QED) is 0.0280. The molecule has 348 valence electrons. The minimum atomic E-state index is -1.12. The fraction of sp³-hybridized carbons (Fsp3) is 0.958. The van der Waals surface area contributed by atoms with Crippen LogP contribution in [0.5, 0.6) is 0 Å². The Balaban J connectivity index is 0. The third kappa shape index (κ3) is 37.7. The summed E-state index contributed by atoms with van der Waals surface area (Å²) in [5.41, 5.74) is 0. The van der Waals surface area contributed by atoms with Crippen molar-refractivity contribution in [2.75, 3.05) is 13.2 Å². The zero-order chi connectivity index (χ0) is 43.5. The number of hydrogen-bond acceptors (Lipinski definition) is 8. The smallest absolute Gasteiger partial charge is 0.220 e. The van der Waals surface area contributed by atoms with Crippen molar-refractivity contribution in [3.8, 4) is 0 Å². The van der Waals surface area contributed by atoms with Crippen LogP contribution >= 0.6 is 0 Å². The van der Waals surface area contributed by atoms with Crippen LogP contribution < -0.4 is 10.6 Å². The Morgan fingerprint density at radius 3 is 0.828 bits per heavy atom. The molecular weight excluding hydrogens is 733 g/mol. The SMILES string of the molecule is CCCCCCCCCCCCCC[C@@H](O)[C@@H](O)[C@H](CO)NC(=O)CCCCC.CCCCCCCCCCCCCC[C@@H](O)[C@@H](O)[C@H](CO)NC(=O)CCCCC. The number of amides is 2. The molecule has 0 unspecified atom stereocenters. The fourth-order valence-corrected chi connectivity index (χ4v) is 7.37. The Hall–Kier alpha value is -1.30. The molecule has 0 fully saturated rings. The molecule has 0 heterocycles. The Bertz CT molecular complexity index is 798. The Kier molecular flexibility index (Phi) is 45.9. The number of aliphatic hydroxyl groups is 6. The number of unbranched alkanes of at least 4 members (excludes halogenated alkanes) is 26. The molecule has 0 radical (unpaired) electrons. The maximum atomic E-state index is 11.9. The molecule has 0 aliphatic heterocycles. The Morgan fingerprint density at radius 1 is 0.362 bits per heavy atom.